The minimum atomic E-state index is -0.664. The summed E-state index contributed by atoms with van der Waals surface area (Å²) >= 11 is 0. The van der Waals surface area contributed by atoms with E-state index in [1.54, 1.807) is 19.1 Å². The van der Waals surface area contributed by atoms with E-state index in [0.717, 1.165) is 22.8 Å². The van der Waals surface area contributed by atoms with Crippen molar-refractivity contribution in [3.63, 3.8) is 0 Å². The number of hydrogen-bond acceptors (Lipinski definition) is 5. The number of ether oxygens (including phenoxy) is 1. The van der Waals surface area contributed by atoms with Gasteiger partial charge in [-0.25, -0.2) is 4.79 Å². The molecule has 0 aliphatic carbocycles. The molecule has 0 saturated carbocycles. The van der Waals surface area contributed by atoms with Crippen molar-refractivity contribution in [2.24, 2.45) is 0 Å². The lowest BCUT2D eigenvalue weighted by Crippen LogP contribution is -2.15. The predicted octanol–water partition coefficient (Wildman–Crippen LogP) is 5.00. The number of hydrogen-bond donors (Lipinski definition) is 1. The van der Waals surface area contributed by atoms with E-state index in [1.165, 1.54) is 12.1 Å². The van der Waals surface area contributed by atoms with Crippen LogP contribution in [0.1, 0.15) is 33.2 Å². The van der Waals surface area contributed by atoms with E-state index >= 15 is 0 Å². The maximum Gasteiger partial charge on any atom is 0.338 e. The summed E-state index contributed by atoms with van der Waals surface area (Å²) < 4.78 is 4.88. The molecule has 0 unspecified atom stereocenters. The van der Waals surface area contributed by atoms with E-state index in [1.807, 2.05) is 43.3 Å². The Hall–Kier alpha value is -4.00. The average molecular weight is 404 g/mol. The number of nitro groups is 1. The number of rotatable bonds is 6. The zero-order chi connectivity index (χ0) is 21.7. The van der Waals surface area contributed by atoms with Crippen LogP contribution in [0.3, 0.4) is 0 Å². The van der Waals surface area contributed by atoms with Gasteiger partial charge in [-0.15, -0.1) is 0 Å². The van der Waals surface area contributed by atoms with E-state index < -0.39 is 16.8 Å². The third-order valence-corrected chi connectivity index (χ3v) is 4.56. The highest BCUT2D eigenvalue weighted by Gasteiger charge is 2.21. The van der Waals surface area contributed by atoms with Crippen LogP contribution in [0, 0.1) is 17.0 Å². The molecule has 3 rings (SSSR count). The summed E-state index contributed by atoms with van der Waals surface area (Å²) in [6, 6.07) is 18.5. The van der Waals surface area contributed by atoms with Crippen LogP contribution in [0.2, 0.25) is 0 Å². The van der Waals surface area contributed by atoms with E-state index in [2.05, 4.69) is 5.32 Å². The first-order valence-electron chi connectivity index (χ1n) is 9.34. The van der Waals surface area contributed by atoms with Gasteiger partial charge < -0.3 is 10.1 Å². The Kier molecular flexibility index (Phi) is 6.22. The fourth-order valence-corrected chi connectivity index (χ4v) is 3.11. The van der Waals surface area contributed by atoms with Gasteiger partial charge in [0.05, 0.1) is 17.1 Å². The first-order chi connectivity index (χ1) is 14.4. The molecule has 7 heteroatoms. The van der Waals surface area contributed by atoms with Crippen LogP contribution < -0.4 is 5.32 Å². The maximum atomic E-state index is 13.0. The van der Waals surface area contributed by atoms with Crippen LogP contribution in [0.5, 0.6) is 0 Å². The number of esters is 1. The molecule has 3 aromatic rings. The number of nitrogens with one attached hydrogen (secondary N) is 1. The molecule has 30 heavy (non-hydrogen) atoms. The van der Waals surface area contributed by atoms with Crippen LogP contribution in [-0.4, -0.2) is 23.4 Å². The molecule has 0 saturated heterocycles. The lowest BCUT2D eigenvalue weighted by molar-refractivity contribution is -0.383. The zero-order valence-electron chi connectivity index (χ0n) is 16.5. The topological polar surface area (TPSA) is 98.5 Å². The highest BCUT2D eigenvalue weighted by Crippen LogP contribution is 2.30. The molecule has 3 aromatic carbocycles. The van der Waals surface area contributed by atoms with Gasteiger partial charge >= 0.3 is 5.97 Å². The van der Waals surface area contributed by atoms with Gasteiger partial charge in [-0.1, -0.05) is 42.5 Å². The second-order valence-electron chi connectivity index (χ2n) is 6.52. The van der Waals surface area contributed by atoms with E-state index in [4.69, 9.17) is 4.74 Å². The molecule has 0 spiro atoms. The summed E-state index contributed by atoms with van der Waals surface area (Å²) in [5.74, 6) is -1.15. The third kappa shape index (κ3) is 4.35. The van der Waals surface area contributed by atoms with Gasteiger partial charge in [0.1, 0.15) is 5.69 Å². The number of anilines is 1. The fraction of sp³-hybridized carbons (Fsp3) is 0.130. The molecule has 1 N–H and O–H groups in total. The van der Waals surface area contributed by atoms with Gasteiger partial charge in [0.2, 0.25) is 0 Å². The molecule has 7 nitrogen and oxygen atoms in total. The van der Waals surface area contributed by atoms with E-state index in [-0.39, 0.29) is 23.5 Å². The molecule has 0 aliphatic heterocycles. The molecule has 0 fully saturated rings. The largest absolute Gasteiger partial charge is 0.462 e. The van der Waals surface area contributed by atoms with Crippen molar-refractivity contribution in [3.05, 3.63) is 93.5 Å². The minimum Gasteiger partial charge on any atom is -0.462 e. The number of aryl methyl sites for hydroxylation is 1. The smallest absolute Gasteiger partial charge is 0.338 e. The molecule has 0 bridgehead atoms. The summed E-state index contributed by atoms with van der Waals surface area (Å²) in [5, 5.41) is 14.1. The summed E-state index contributed by atoms with van der Waals surface area (Å²) in [7, 11) is 0. The highest BCUT2D eigenvalue weighted by molar-refractivity contribution is 6.10. The Morgan fingerprint density at radius 1 is 1.00 bits per heavy atom. The normalized spacial score (nSPS) is 10.3. The van der Waals surface area contributed by atoms with Crippen molar-refractivity contribution in [1.29, 1.82) is 0 Å². The minimum absolute atomic E-state index is 0.00219. The second-order valence-corrected chi connectivity index (χ2v) is 6.52. The van der Waals surface area contributed by atoms with E-state index in [0.29, 0.717) is 5.56 Å². The Balaban J connectivity index is 1.97. The average Bonchev–Trinajstić information content (AvgIpc) is 2.74. The number of amides is 1. The monoisotopic (exact) mass is 404 g/mol. The van der Waals surface area contributed by atoms with Gasteiger partial charge in [-0.3, -0.25) is 14.9 Å². The molecular weight excluding hydrogens is 384 g/mol. The quantitative estimate of drug-likeness (QED) is 0.354. The highest BCUT2D eigenvalue weighted by atomic mass is 16.6. The number of benzene rings is 3. The van der Waals surface area contributed by atoms with Crippen molar-refractivity contribution < 1.29 is 19.2 Å². The second kappa shape index (κ2) is 9.00. The third-order valence-electron chi connectivity index (χ3n) is 4.56. The van der Waals surface area contributed by atoms with Crippen LogP contribution in [0.4, 0.5) is 11.4 Å². The van der Waals surface area contributed by atoms with Gasteiger partial charge in [0.15, 0.2) is 0 Å². The summed E-state index contributed by atoms with van der Waals surface area (Å²) in [4.78, 5) is 35.7. The fourth-order valence-electron chi connectivity index (χ4n) is 3.11. The molecule has 0 aromatic heterocycles. The van der Waals surface area contributed by atoms with Crippen molar-refractivity contribution in [2.75, 3.05) is 11.9 Å². The van der Waals surface area contributed by atoms with Crippen molar-refractivity contribution in [3.8, 4) is 11.1 Å². The number of carbonyl (C=O) groups excluding carboxylic acids is 2. The van der Waals surface area contributed by atoms with Gasteiger partial charge in [0, 0.05) is 11.6 Å². The Bertz CT molecular complexity index is 1120. The molecule has 0 radical (unpaired) electrons. The Morgan fingerprint density at radius 2 is 1.67 bits per heavy atom. The first kappa shape index (κ1) is 20.7. The van der Waals surface area contributed by atoms with E-state index in [9.17, 15) is 19.7 Å². The summed E-state index contributed by atoms with van der Waals surface area (Å²) in [6.45, 7) is 3.75. The zero-order valence-corrected chi connectivity index (χ0v) is 16.5. The first-order valence-corrected chi connectivity index (χ1v) is 9.34. The summed E-state index contributed by atoms with van der Waals surface area (Å²) in [5.41, 5.74) is 2.66. The molecule has 0 atom stereocenters. The lowest BCUT2D eigenvalue weighted by Gasteiger charge is -2.13. The van der Waals surface area contributed by atoms with Crippen molar-refractivity contribution in [1.82, 2.24) is 0 Å². The molecule has 152 valence electrons. The number of nitrogens with zero attached hydrogens (tertiary/aromatic N) is 1. The number of carbonyl (C=O) groups is 2. The molecule has 0 heterocycles. The lowest BCUT2D eigenvalue weighted by atomic mass is 9.95. The van der Waals surface area contributed by atoms with Crippen molar-refractivity contribution in [2.45, 2.75) is 13.8 Å². The van der Waals surface area contributed by atoms with Crippen LogP contribution >= 0.6 is 0 Å². The molecule has 0 aliphatic rings. The predicted molar refractivity (Wildman–Crippen MR) is 114 cm³/mol. The van der Waals surface area contributed by atoms with Crippen molar-refractivity contribution >= 4 is 23.3 Å². The molecular formula is C23H20N2O5. The van der Waals surface area contributed by atoms with Gasteiger partial charge in [-0.05, 0) is 48.7 Å². The van der Waals surface area contributed by atoms with Crippen LogP contribution in [0.15, 0.2) is 66.7 Å². The van der Waals surface area contributed by atoms with Crippen LogP contribution in [-0.2, 0) is 4.74 Å². The van der Waals surface area contributed by atoms with Gasteiger partial charge in [-0.2, -0.15) is 0 Å². The van der Waals surface area contributed by atoms with Crippen LogP contribution in [0.25, 0.3) is 11.1 Å². The van der Waals surface area contributed by atoms with Gasteiger partial charge in [0.25, 0.3) is 11.6 Å². The Morgan fingerprint density at radius 3 is 2.33 bits per heavy atom. The number of nitro benzene ring substituents is 1. The maximum absolute atomic E-state index is 13.0. The standard InChI is InChI=1S/C23H20N2O5/c1-3-30-23(27)16-12-13-20(21(14-16)25(28)29)24-22(26)19-11-7-6-10-18(19)17-9-5-4-8-15(17)2/h4-14H,3H2,1-2H3,(H,24,26). The Labute approximate surface area is 173 Å². The summed E-state index contributed by atoms with van der Waals surface area (Å²) in [6.07, 6.45) is 0. The SMILES string of the molecule is CCOC(=O)c1ccc(NC(=O)c2ccccc2-c2ccccc2C)c([N+](=O)[O-])c1. The molecule has 1 amide bonds.